The minimum absolute atomic E-state index is 0.141. The first-order valence-electron chi connectivity index (χ1n) is 4.89. The van der Waals surface area contributed by atoms with Crippen molar-refractivity contribution in [2.45, 2.75) is 6.23 Å². The first-order valence-corrected chi connectivity index (χ1v) is 5.85. The summed E-state index contributed by atoms with van der Waals surface area (Å²) in [5.41, 5.74) is 1.45. The molecule has 1 heterocycles. The first-order chi connectivity index (χ1) is 7.70. The highest BCUT2D eigenvalue weighted by Crippen LogP contribution is 2.37. The molecule has 2 aromatic rings. The fourth-order valence-corrected chi connectivity index (χ4v) is 2.67. The molecule has 80 valence electrons. The van der Waals surface area contributed by atoms with E-state index in [1.165, 1.54) is 3.11 Å². The maximum Gasteiger partial charge on any atom is 0.265 e. The van der Waals surface area contributed by atoms with Crippen LogP contribution >= 0.6 is 22.9 Å². The van der Waals surface area contributed by atoms with Gasteiger partial charge in [-0.25, -0.2) is 3.11 Å². The van der Waals surface area contributed by atoms with E-state index in [0.717, 1.165) is 16.3 Å². The van der Waals surface area contributed by atoms with Crippen LogP contribution < -0.4 is 0 Å². The lowest BCUT2D eigenvalue weighted by molar-refractivity contribution is 0.0528. The van der Waals surface area contributed by atoms with Crippen molar-refractivity contribution in [3.8, 4) is 0 Å². The zero-order chi connectivity index (χ0) is 11.3. The molecule has 1 atom stereocenters. The van der Waals surface area contributed by atoms with Crippen LogP contribution in [0.25, 0.3) is 10.8 Å². The fraction of sp³-hybridized carbons (Fsp3) is 0.0833. The Labute approximate surface area is 106 Å². The number of benzene rings is 2. The molecule has 3 nitrogen and oxygen atoms in total. The number of carbonyl (C=O) groups excluding carboxylic acids is 1. The van der Waals surface area contributed by atoms with Crippen LogP contribution in [0.5, 0.6) is 0 Å². The third-order valence-electron chi connectivity index (χ3n) is 2.85. The van der Waals surface area contributed by atoms with E-state index in [-0.39, 0.29) is 5.91 Å². The smallest absolute Gasteiger partial charge is 0.265 e. The van der Waals surface area contributed by atoms with Gasteiger partial charge in [-0.1, -0.05) is 30.3 Å². The van der Waals surface area contributed by atoms with Crippen molar-refractivity contribution >= 4 is 39.5 Å². The van der Waals surface area contributed by atoms with Crippen molar-refractivity contribution in [1.29, 1.82) is 0 Å². The average Bonchev–Trinajstić information content (AvgIpc) is 2.33. The summed E-state index contributed by atoms with van der Waals surface area (Å²) in [5, 5.41) is 11.9. The summed E-state index contributed by atoms with van der Waals surface area (Å²) in [6.45, 7) is 0. The van der Waals surface area contributed by atoms with Gasteiger partial charge in [0.1, 0.15) is 0 Å². The molecule has 3 rings (SSSR count). The molecule has 1 N–H and O–H groups in total. The zero-order valence-electron chi connectivity index (χ0n) is 8.22. The Morgan fingerprint density at radius 3 is 2.62 bits per heavy atom. The fourth-order valence-electron chi connectivity index (χ4n) is 2.11. The number of aliphatic hydroxyl groups is 1. The maximum absolute atomic E-state index is 12.0. The number of halogens is 1. The number of carbonyl (C=O) groups is 1. The molecule has 16 heavy (non-hydrogen) atoms. The average molecular weight is 325 g/mol. The number of aliphatic hydroxyl groups excluding tert-OH is 1. The molecule has 0 saturated carbocycles. The van der Waals surface area contributed by atoms with Crippen LogP contribution in [-0.4, -0.2) is 14.1 Å². The minimum Gasteiger partial charge on any atom is -0.368 e. The number of amides is 1. The Morgan fingerprint density at radius 1 is 1.19 bits per heavy atom. The second-order valence-corrected chi connectivity index (χ2v) is 4.78. The van der Waals surface area contributed by atoms with Crippen molar-refractivity contribution in [1.82, 2.24) is 3.11 Å². The third kappa shape index (κ3) is 1.20. The molecule has 0 fully saturated rings. The topological polar surface area (TPSA) is 40.5 Å². The maximum atomic E-state index is 12.0. The summed E-state index contributed by atoms with van der Waals surface area (Å²) >= 11 is 1.85. The van der Waals surface area contributed by atoms with Crippen LogP contribution in [0, 0.1) is 0 Å². The van der Waals surface area contributed by atoms with Crippen LogP contribution in [0.2, 0.25) is 0 Å². The van der Waals surface area contributed by atoms with Crippen LogP contribution in [-0.2, 0) is 0 Å². The Hall–Kier alpha value is -1.14. The summed E-state index contributed by atoms with van der Waals surface area (Å²) in [6.07, 6.45) is -0.855. The number of hydrogen-bond donors (Lipinski definition) is 1. The summed E-state index contributed by atoms with van der Waals surface area (Å²) in [4.78, 5) is 12.0. The van der Waals surface area contributed by atoms with Crippen molar-refractivity contribution in [2.24, 2.45) is 0 Å². The molecule has 0 aromatic heterocycles. The number of nitrogens with zero attached hydrogens (tertiary/aromatic N) is 1. The molecule has 2 aromatic carbocycles. The van der Waals surface area contributed by atoms with Gasteiger partial charge in [0.15, 0.2) is 6.23 Å². The van der Waals surface area contributed by atoms with E-state index < -0.39 is 6.23 Å². The van der Waals surface area contributed by atoms with Gasteiger partial charge in [-0.2, -0.15) is 0 Å². The van der Waals surface area contributed by atoms with Crippen molar-refractivity contribution in [3.05, 3.63) is 47.5 Å². The molecule has 0 saturated heterocycles. The molecule has 1 aliphatic heterocycles. The van der Waals surface area contributed by atoms with E-state index in [4.69, 9.17) is 0 Å². The van der Waals surface area contributed by atoms with Crippen molar-refractivity contribution < 1.29 is 9.90 Å². The highest BCUT2D eigenvalue weighted by atomic mass is 127. The second kappa shape index (κ2) is 3.43. The molecule has 4 heteroatoms. The normalized spacial score (nSPS) is 19.2. The van der Waals surface area contributed by atoms with Gasteiger partial charge in [-0.3, -0.25) is 4.79 Å². The molecular weight excluding hydrogens is 317 g/mol. The van der Waals surface area contributed by atoms with Gasteiger partial charge < -0.3 is 5.11 Å². The van der Waals surface area contributed by atoms with Crippen LogP contribution in [0.4, 0.5) is 0 Å². The lowest BCUT2D eigenvalue weighted by atomic mass is 9.95. The van der Waals surface area contributed by atoms with E-state index in [1.807, 2.05) is 53.2 Å². The van der Waals surface area contributed by atoms with Gasteiger partial charge in [-0.05, 0) is 11.5 Å². The summed E-state index contributed by atoms with van der Waals surface area (Å²) in [7, 11) is 0. The highest BCUT2D eigenvalue weighted by molar-refractivity contribution is 14.1. The quantitative estimate of drug-likeness (QED) is 0.598. The molecular formula is C12H8INO2. The van der Waals surface area contributed by atoms with E-state index >= 15 is 0 Å². The SMILES string of the molecule is O=C1c2cccc3cccc(c23)C(O)N1I. The van der Waals surface area contributed by atoms with Gasteiger partial charge in [0.05, 0.1) is 22.9 Å². The van der Waals surface area contributed by atoms with Crippen LogP contribution in [0.1, 0.15) is 22.1 Å². The van der Waals surface area contributed by atoms with E-state index in [9.17, 15) is 9.90 Å². The molecule has 1 unspecified atom stereocenters. The Kier molecular flexibility index (Phi) is 2.15. The Bertz CT molecular complexity index is 591. The molecule has 0 aliphatic carbocycles. The van der Waals surface area contributed by atoms with Gasteiger partial charge in [-0.15, -0.1) is 0 Å². The lowest BCUT2D eigenvalue weighted by Gasteiger charge is -2.28. The Morgan fingerprint density at radius 2 is 1.88 bits per heavy atom. The lowest BCUT2D eigenvalue weighted by Crippen LogP contribution is -2.30. The Balaban J connectivity index is 2.48. The predicted molar refractivity (Wildman–Crippen MR) is 69.1 cm³/mol. The number of rotatable bonds is 0. The van der Waals surface area contributed by atoms with Crippen molar-refractivity contribution in [2.75, 3.05) is 0 Å². The van der Waals surface area contributed by atoms with E-state index in [1.54, 1.807) is 6.07 Å². The van der Waals surface area contributed by atoms with Crippen LogP contribution in [0.3, 0.4) is 0 Å². The van der Waals surface area contributed by atoms with Crippen molar-refractivity contribution in [3.63, 3.8) is 0 Å². The third-order valence-corrected chi connectivity index (χ3v) is 3.82. The summed E-state index contributed by atoms with van der Waals surface area (Å²) < 4.78 is 1.33. The van der Waals surface area contributed by atoms with E-state index in [0.29, 0.717) is 5.56 Å². The monoisotopic (exact) mass is 325 g/mol. The molecule has 1 amide bonds. The predicted octanol–water partition coefficient (Wildman–Crippen LogP) is 2.64. The first kappa shape index (κ1) is 10.0. The van der Waals surface area contributed by atoms with Gasteiger partial charge in [0.25, 0.3) is 5.91 Å². The number of hydrogen-bond acceptors (Lipinski definition) is 2. The van der Waals surface area contributed by atoms with Gasteiger partial charge in [0, 0.05) is 16.5 Å². The molecule has 1 aliphatic rings. The molecule has 0 radical (unpaired) electrons. The largest absolute Gasteiger partial charge is 0.368 e. The highest BCUT2D eigenvalue weighted by Gasteiger charge is 2.30. The van der Waals surface area contributed by atoms with Gasteiger partial charge >= 0.3 is 0 Å². The molecule has 0 spiro atoms. The van der Waals surface area contributed by atoms with Crippen LogP contribution in [0.15, 0.2) is 36.4 Å². The van der Waals surface area contributed by atoms with E-state index in [2.05, 4.69) is 0 Å². The molecule has 0 bridgehead atoms. The minimum atomic E-state index is -0.855. The standard InChI is InChI=1S/C12H8INO2/c13-14-11(15)8-5-1-3-7-4-2-6-9(10(7)8)12(14)16/h1-6,11,15H. The zero-order valence-corrected chi connectivity index (χ0v) is 10.4. The summed E-state index contributed by atoms with van der Waals surface area (Å²) in [5.74, 6) is -0.141. The second-order valence-electron chi connectivity index (χ2n) is 3.74. The van der Waals surface area contributed by atoms with Gasteiger partial charge in [0.2, 0.25) is 0 Å². The summed E-state index contributed by atoms with van der Waals surface area (Å²) in [6, 6.07) is 11.3.